The number of Topliss-reactive ketones (excluding diaryl/α,β-unsaturated/α-hetero) is 1. The molecule has 29 heavy (non-hydrogen) atoms. The first-order chi connectivity index (χ1) is 14.0. The maximum atomic E-state index is 13.3. The van der Waals surface area contributed by atoms with E-state index in [0.717, 1.165) is 5.56 Å². The van der Waals surface area contributed by atoms with Crippen LogP contribution in [0.2, 0.25) is 5.02 Å². The Bertz CT molecular complexity index is 1040. The highest BCUT2D eigenvalue weighted by Crippen LogP contribution is 2.48. The van der Waals surface area contributed by atoms with E-state index in [2.05, 4.69) is 0 Å². The lowest BCUT2D eigenvalue weighted by Crippen LogP contribution is -2.33. The molecule has 2 atom stereocenters. The summed E-state index contributed by atoms with van der Waals surface area (Å²) in [7, 11) is 1.27. The highest BCUT2D eigenvalue weighted by atomic mass is 35.5. The molecule has 2 aromatic rings. The number of rotatable bonds is 3. The third-order valence-corrected chi connectivity index (χ3v) is 5.78. The Hall–Kier alpha value is -3.05. The number of allylic oxidation sites excluding steroid dienone is 2. The van der Waals surface area contributed by atoms with Crippen LogP contribution in [-0.2, 0) is 19.1 Å². The number of methoxy groups -OCH3 is 1. The van der Waals surface area contributed by atoms with Crippen molar-refractivity contribution in [1.82, 2.24) is 0 Å². The molecule has 1 aliphatic carbocycles. The molecular formula is C23H20ClNO4. The van der Waals surface area contributed by atoms with Crippen LogP contribution in [0.4, 0.5) is 0 Å². The number of ketones is 1. The van der Waals surface area contributed by atoms with Gasteiger partial charge in [-0.25, -0.2) is 4.79 Å². The summed E-state index contributed by atoms with van der Waals surface area (Å²) in [5.74, 6) is -1.02. The number of carbonyl (C=O) groups excluding carboxylic acids is 2. The standard InChI is InChI=1S/C23H20ClNO4/c1-28-23(27)21-19(15-9-5-6-10-16(15)24)20-17(26)11-14(12-18(20)29-22(21)25)13-7-3-2-4-8-13/h2-10,14,19H,11-12,25H2,1H3/t14-,19+/m0/s1. The van der Waals surface area contributed by atoms with Gasteiger partial charge in [0.25, 0.3) is 0 Å². The molecule has 2 N–H and O–H groups in total. The van der Waals surface area contributed by atoms with Gasteiger partial charge in [0, 0.05) is 23.4 Å². The fourth-order valence-electron chi connectivity index (χ4n) is 4.10. The number of ether oxygens (including phenoxy) is 2. The van der Waals surface area contributed by atoms with Gasteiger partial charge in [-0.3, -0.25) is 4.79 Å². The van der Waals surface area contributed by atoms with Crippen LogP contribution >= 0.6 is 11.6 Å². The Labute approximate surface area is 173 Å². The Kier molecular flexibility index (Phi) is 5.16. The van der Waals surface area contributed by atoms with Gasteiger partial charge in [-0.15, -0.1) is 0 Å². The average molecular weight is 410 g/mol. The Morgan fingerprint density at radius 3 is 2.48 bits per heavy atom. The molecule has 0 amide bonds. The van der Waals surface area contributed by atoms with E-state index in [1.165, 1.54) is 7.11 Å². The van der Waals surface area contributed by atoms with Gasteiger partial charge < -0.3 is 15.2 Å². The zero-order valence-corrected chi connectivity index (χ0v) is 16.6. The summed E-state index contributed by atoms with van der Waals surface area (Å²) in [5, 5.41) is 0.443. The SMILES string of the molecule is COC(=O)C1=C(N)OC2=C(C(=O)C[C@H](c3ccccc3)C2)[C@H]1c1ccccc1Cl. The van der Waals surface area contributed by atoms with Crippen LogP contribution in [0.5, 0.6) is 0 Å². The average Bonchev–Trinajstić information content (AvgIpc) is 2.73. The number of benzene rings is 2. The fraction of sp³-hybridized carbons (Fsp3) is 0.217. The molecule has 0 saturated heterocycles. The van der Waals surface area contributed by atoms with Crippen LogP contribution in [0, 0.1) is 0 Å². The first-order valence-corrected chi connectivity index (χ1v) is 9.70. The monoisotopic (exact) mass is 409 g/mol. The van der Waals surface area contributed by atoms with E-state index in [1.54, 1.807) is 18.2 Å². The van der Waals surface area contributed by atoms with Crippen LogP contribution < -0.4 is 5.73 Å². The predicted octanol–water partition coefficient (Wildman–Crippen LogP) is 4.20. The van der Waals surface area contributed by atoms with E-state index in [9.17, 15) is 9.59 Å². The third-order valence-electron chi connectivity index (χ3n) is 5.43. The van der Waals surface area contributed by atoms with E-state index in [1.807, 2.05) is 36.4 Å². The lowest BCUT2D eigenvalue weighted by Gasteiger charge is -2.35. The van der Waals surface area contributed by atoms with Crippen molar-refractivity contribution >= 4 is 23.4 Å². The van der Waals surface area contributed by atoms with Crippen molar-refractivity contribution in [2.45, 2.75) is 24.7 Å². The smallest absolute Gasteiger partial charge is 0.340 e. The highest BCUT2D eigenvalue weighted by Gasteiger charge is 2.43. The highest BCUT2D eigenvalue weighted by molar-refractivity contribution is 6.31. The Morgan fingerprint density at radius 2 is 1.79 bits per heavy atom. The van der Waals surface area contributed by atoms with Gasteiger partial charge in [-0.1, -0.05) is 60.1 Å². The molecule has 4 rings (SSSR count). The topological polar surface area (TPSA) is 78.6 Å². The molecule has 2 aromatic carbocycles. The second-order valence-electron chi connectivity index (χ2n) is 7.10. The van der Waals surface area contributed by atoms with Crippen LogP contribution in [-0.4, -0.2) is 18.9 Å². The van der Waals surface area contributed by atoms with E-state index in [-0.39, 0.29) is 23.2 Å². The largest absolute Gasteiger partial charge is 0.465 e. The van der Waals surface area contributed by atoms with Gasteiger partial charge >= 0.3 is 5.97 Å². The molecule has 1 heterocycles. The Morgan fingerprint density at radius 1 is 1.10 bits per heavy atom. The summed E-state index contributed by atoms with van der Waals surface area (Å²) in [6.45, 7) is 0. The molecule has 0 radical (unpaired) electrons. The minimum atomic E-state index is -0.718. The van der Waals surface area contributed by atoms with Gasteiger partial charge in [0.05, 0.1) is 13.0 Å². The maximum absolute atomic E-state index is 13.3. The van der Waals surface area contributed by atoms with Crippen molar-refractivity contribution in [2.24, 2.45) is 5.73 Å². The summed E-state index contributed by atoms with van der Waals surface area (Å²) in [6.07, 6.45) is 0.836. The lowest BCUT2D eigenvalue weighted by molar-refractivity contribution is -0.136. The normalized spacial score (nSPS) is 21.5. The molecule has 148 valence electrons. The van der Waals surface area contributed by atoms with E-state index in [4.69, 9.17) is 26.8 Å². The van der Waals surface area contributed by atoms with Gasteiger partial charge in [-0.2, -0.15) is 0 Å². The summed E-state index contributed by atoms with van der Waals surface area (Å²) in [5.41, 5.74) is 8.36. The zero-order valence-electron chi connectivity index (χ0n) is 15.9. The summed E-state index contributed by atoms with van der Waals surface area (Å²) < 4.78 is 10.7. The summed E-state index contributed by atoms with van der Waals surface area (Å²) >= 11 is 6.43. The van der Waals surface area contributed by atoms with Crippen molar-refractivity contribution in [3.8, 4) is 0 Å². The number of hydrogen-bond donors (Lipinski definition) is 1. The van der Waals surface area contributed by atoms with Crippen molar-refractivity contribution in [3.63, 3.8) is 0 Å². The van der Waals surface area contributed by atoms with Gasteiger partial charge in [0.1, 0.15) is 11.3 Å². The zero-order chi connectivity index (χ0) is 20.5. The maximum Gasteiger partial charge on any atom is 0.340 e. The lowest BCUT2D eigenvalue weighted by atomic mass is 9.73. The van der Waals surface area contributed by atoms with Crippen molar-refractivity contribution in [3.05, 3.63) is 93.5 Å². The van der Waals surface area contributed by atoms with Crippen LogP contribution in [0.3, 0.4) is 0 Å². The first-order valence-electron chi connectivity index (χ1n) is 9.32. The second-order valence-corrected chi connectivity index (χ2v) is 7.51. The first kappa shape index (κ1) is 19.3. The molecular weight excluding hydrogens is 390 g/mol. The molecule has 0 bridgehead atoms. The fourth-order valence-corrected chi connectivity index (χ4v) is 4.34. The van der Waals surface area contributed by atoms with Crippen molar-refractivity contribution in [2.75, 3.05) is 7.11 Å². The molecule has 0 unspecified atom stereocenters. The minimum Gasteiger partial charge on any atom is -0.465 e. The van der Waals surface area contributed by atoms with E-state index in [0.29, 0.717) is 34.8 Å². The number of carbonyl (C=O) groups is 2. The number of nitrogens with two attached hydrogens (primary N) is 1. The molecule has 2 aliphatic rings. The van der Waals surface area contributed by atoms with E-state index < -0.39 is 11.9 Å². The quantitative estimate of drug-likeness (QED) is 0.768. The van der Waals surface area contributed by atoms with Crippen molar-refractivity contribution < 1.29 is 19.1 Å². The van der Waals surface area contributed by atoms with Gasteiger partial charge in [0.2, 0.25) is 5.88 Å². The molecule has 5 nitrogen and oxygen atoms in total. The predicted molar refractivity (Wildman–Crippen MR) is 109 cm³/mol. The third kappa shape index (κ3) is 3.42. The second kappa shape index (κ2) is 7.76. The number of hydrogen-bond acceptors (Lipinski definition) is 5. The van der Waals surface area contributed by atoms with Crippen LogP contribution in [0.25, 0.3) is 0 Å². The molecule has 0 saturated carbocycles. The Balaban J connectivity index is 1.84. The van der Waals surface area contributed by atoms with Gasteiger partial charge in [0.15, 0.2) is 5.78 Å². The molecule has 0 fully saturated rings. The number of halogens is 1. The summed E-state index contributed by atoms with van der Waals surface area (Å²) in [6, 6.07) is 16.9. The summed E-state index contributed by atoms with van der Waals surface area (Å²) in [4.78, 5) is 25.8. The van der Waals surface area contributed by atoms with E-state index >= 15 is 0 Å². The van der Waals surface area contributed by atoms with Crippen molar-refractivity contribution in [1.29, 1.82) is 0 Å². The van der Waals surface area contributed by atoms with Crippen LogP contribution in [0.1, 0.15) is 35.8 Å². The molecule has 0 aromatic heterocycles. The minimum absolute atomic E-state index is 0.0122. The molecule has 1 aliphatic heterocycles. The van der Waals surface area contributed by atoms with Gasteiger partial charge in [-0.05, 0) is 23.1 Å². The molecule has 0 spiro atoms. The molecule has 6 heteroatoms. The number of esters is 1. The van der Waals surface area contributed by atoms with Crippen LogP contribution in [0.15, 0.2) is 77.4 Å².